The Morgan fingerprint density at radius 2 is 0.924 bits per heavy atom. The standard InChI is InChI=1S/C61H36N4S/c1-2-17-39(18-3-1)59-62-60(50-27-14-26-49-46-24-12-13-28-55(46)66-58(49)50)64-61(63-59)53-36-51(43-30-29-37-15-4-5-19-40(37)33-43)57(47-25-11-10-23-45(47)53)65-54-35-42-21-7-6-20-41(42)34-52(54)48-32-31-38-16-8-9-22-44(38)56(48)65/h1-36H. The molecule has 0 bridgehead atoms. The molecular weight excluding hydrogens is 821 g/mol. The second kappa shape index (κ2) is 14.5. The zero-order valence-electron chi connectivity index (χ0n) is 35.5. The van der Waals surface area contributed by atoms with Crippen LogP contribution in [-0.4, -0.2) is 19.5 Å². The smallest absolute Gasteiger partial charge is 0.165 e. The van der Waals surface area contributed by atoms with Gasteiger partial charge in [0.1, 0.15) is 0 Å². The lowest BCUT2D eigenvalue weighted by atomic mass is 9.92. The van der Waals surface area contributed by atoms with Crippen LogP contribution in [-0.2, 0) is 0 Å². The van der Waals surface area contributed by atoms with Gasteiger partial charge in [-0.05, 0) is 74.3 Å². The van der Waals surface area contributed by atoms with E-state index in [0.717, 1.165) is 54.5 Å². The molecular formula is C61H36N4S. The quantitative estimate of drug-likeness (QED) is 0.173. The first-order valence-electron chi connectivity index (χ1n) is 22.3. The molecule has 0 fully saturated rings. The second-order valence-electron chi connectivity index (χ2n) is 17.1. The van der Waals surface area contributed by atoms with Crippen molar-refractivity contribution < 1.29 is 0 Å². The van der Waals surface area contributed by atoms with Crippen molar-refractivity contribution in [1.82, 2.24) is 19.5 Å². The van der Waals surface area contributed by atoms with E-state index in [0.29, 0.717) is 17.5 Å². The third-order valence-electron chi connectivity index (χ3n) is 13.4. The Morgan fingerprint density at radius 1 is 0.318 bits per heavy atom. The van der Waals surface area contributed by atoms with Crippen molar-refractivity contribution in [3.8, 4) is 51.0 Å². The number of nitrogens with zero attached hydrogens (tertiary/aromatic N) is 4. The molecule has 0 aliphatic rings. The first-order chi connectivity index (χ1) is 32.7. The molecule has 14 rings (SSSR count). The Kier molecular flexibility index (Phi) is 8.12. The largest absolute Gasteiger partial charge is 0.307 e. The predicted octanol–water partition coefficient (Wildman–Crippen LogP) is 16.6. The number of hydrogen-bond acceptors (Lipinski definition) is 4. The van der Waals surface area contributed by atoms with E-state index in [1.165, 1.54) is 64.1 Å². The van der Waals surface area contributed by atoms with E-state index < -0.39 is 0 Å². The van der Waals surface area contributed by atoms with Gasteiger partial charge in [-0.25, -0.2) is 15.0 Å². The summed E-state index contributed by atoms with van der Waals surface area (Å²) in [4.78, 5) is 16.2. The fourth-order valence-corrected chi connectivity index (χ4v) is 11.5. The lowest BCUT2D eigenvalue weighted by molar-refractivity contribution is 1.08. The van der Waals surface area contributed by atoms with E-state index in [-0.39, 0.29) is 0 Å². The maximum absolute atomic E-state index is 5.50. The number of thiophene rings is 1. The summed E-state index contributed by atoms with van der Waals surface area (Å²) in [7, 11) is 0. The molecule has 0 atom stereocenters. The van der Waals surface area contributed by atoms with Crippen LogP contribution in [0, 0.1) is 0 Å². The van der Waals surface area contributed by atoms with Crippen LogP contribution in [0.3, 0.4) is 0 Å². The van der Waals surface area contributed by atoms with Crippen LogP contribution in [0.4, 0.5) is 0 Å². The number of rotatable bonds is 5. The highest BCUT2D eigenvalue weighted by Gasteiger charge is 2.25. The first kappa shape index (κ1) is 36.9. The van der Waals surface area contributed by atoms with Crippen molar-refractivity contribution in [2.45, 2.75) is 0 Å². The van der Waals surface area contributed by atoms with Crippen molar-refractivity contribution >= 4 is 96.4 Å². The average Bonchev–Trinajstić information content (AvgIpc) is 3.93. The Morgan fingerprint density at radius 3 is 1.74 bits per heavy atom. The van der Waals surface area contributed by atoms with Gasteiger partial charge in [-0.2, -0.15) is 0 Å². The molecule has 14 aromatic rings. The predicted molar refractivity (Wildman–Crippen MR) is 279 cm³/mol. The monoisotopic (exact) mass is 856 g/mol. The van der Waals surface area contributed by atoms with Crippen molar-refractivity contribution in [3.05, 3.63) is 218 Å². The lowest BCUT2D eigenvalue weighted by Crippen LogP contribution is -2.04. The molecule has 3 aromatic heterocycles. The molecule has 0 aliphatic heterocycles. The van der Waals surface area contributed by atoms with Gasteiger partial charge in [0.2, 0.25) is 0 Å². The van der Waals surface area contributed by atoms with Crippen molar-refractivity contribution in [2.75, 3.05) is 0 Å². The van der Waals surface area contributed by atoms with E-state index >= 15 is 0 Å². The summed E-state index contributed by atoms with van der Waals surface area (Å²) in [6, 6.07) is 78.9. The van der Waals surface area contributed by atoms with Crippen molar-refractivity contribution in [2.24, 2.45) is 0 Å². The number of hydrogen-bond donors (Lipinski definition) is 0. The van der Waals surface area contributed by atoms with Crippen LogP contribution < -0.4 is 0 Å². The molecule has 0 spiro atoms. The third kappa shape index (κ3) is 5.67. The minimum absolute atomic E-state index is 0.625. The van der Waals surface area contributed by atoms with E-state index in [1.54, 1.807) is 11.3 Å². The van der Waals surface area contributed by atoms with Crippen molar-refractivity contribution in [1.29, 1.82) is 0 Å². The molecule has 66 heavy (non-hydrogen) atoms. The van der Waals surface area contributed by atoms with Crippen LogP contribution in [0.15, 0.2) is 218 Å². The zero-order chi connectivity index (χ0) is 43.3. The van der Waals surface area contributed by atoms with Crippen LogP contribution in [0.2, 0.25) is 0 Å². The minimum Gasteiger partial charge on any atom is -0.307 e. The molecule has 5 heteroatoms. The summed E-state index contributed by atoms with van der Waals surface area (Å²) in [5, 5.41) is 14.3. The topological polar surface area (TPSA) is 43.6 Å². The molecule has 11 aromatic carbocycles. The van der Waals surface area contributed by atoms with Gasteiger partial charge in [0.05, 0.1) is 16.7 Å². The summed E-state index contributed by atoms with van der Waals surface area (Å²) >= 11 is 1.79. The molecule has 0 saturated carbocycles. The molecule has 0 amide bonds. The maximum Gasteiger partial charge on any atom is 0.165 e. The number of fused-ring (bicyclic) bond motifs is 11. The van der Waals surface area contributed by atoms with Gasteiger partial charge in [-0.1, -0.05) is 182 Å². The lowest BCUT2D eigenvalue weighted by Gasteiger charge is -2.21. The van der Waals surface area contributed by atoms with Crippen LogP contribution in [0.1, 0.15) is 0 Å². The Balaban J connectivity index is 1.13. The van der Waals surface area contributed by atoms with E-state index in [4.69, 9.17) is 15.0 Å². The molecule has 4 nitrogen and oxygen atoms in total. The van der Waals surface area contributed by atoms with Gasteiger partial charge in [-0.15, -0.1) is 11.3 Å². The first-order valence-corrected chi connectivity index (χ1v) is 23.2. The van der Waals surface area contributed by atoms with Gasteiger partial charge in [-0.3, -0.25) is 0 Å². The Bertz CT molecular complexity index is 4300. The highest BCUT2D eigenvalue weighted by molar-refractivity contribution is 7.26. The Hall–Kier alpha value is -8.51. The highest BCUT2D eigenvalue weighted by Crippen LogP contribution is 2.47. The third-order valence-corrected chi connectivity index (χ3v) is 14.6. The fourth-order valence-electron chi connectivity index (χ4n) is 10.3. The van der Waals surface area contributed by atoms with Gasteiger partial charge >= 0.3 is 0 Å². The molecule has 0 aliphatic carbocycles. The molecule has 0 N–H and O–H groups in total. The molecule has 3 heterocycles. The van der Waals surface area contributed by atoms with Crippen LogP contribution >= 0.6 is 11.3 Å². The maximum atomic E-state index is 5.50. The normalized spacial score (nSPS) is 11.9. The zero-order valence-corrected chi connectivity index (χ0v) is 36.3. The summed E-state index contributed by atoms with van der Waals surface area (Å²) < 4.78 is 4.95. The molecule has 306 valence electrons. The van der Waals surface area contributed by atoms with Crippen LogP contribution in [0.25, 0.3) is 136 Å². The summed E-state index contributed by atoms with van der Waals surface area (Å²) in [5.41, 5.74) is 8.53. The van der Waals surface area contributed by atoms with E-state index in [2.05, 4.69) is 205 Å². The van der Waals surface area contributed by atoms with Gasteiger partial charge in [0.15, 0.2) is 17.5 Å². The summed E-state index contributed by atoms with van der Waals surface area (Å²) in [6.45, 7) is 0. The summed E-state index contributed by atoms with van der Waals surface area (Å²) in [5.74, 6) is 1.91. The Labute approximate surface area is 383 Å². The number of aromatic nitrogens is 4. The SMILES string of the molecule is c1ccc(-c2nc(-c3cc(-c4ccc5ccccc5c4)c(-n4c5cc6ccccc6cc5c5ccc6ccccc6c54)c4ccccc34)nc(-c3cccc4c3sc3ccccc34)n2)cc1. The fraction of sp³-hybridized carbons (Fsp3) is 0. The highest BCUT2D eigenvalue weighted by atomic mass is 32.1. The van der Waals surface area contributed by atoms with Crippen molar-refractivity contribution in [3.63, 3.8) is 0 Å². The molecule has 0 unspecified atom stereocenters. The number of benzene rings is 11. The van der Waals surface area contributed by atoms with Gasteiger partial charge < -0.3 is 4.57 Å². The van der Waals surface area contributed by atoms with Gasteiger partial charge in [0.25, 0.3) is 0 Å². The summed E-state index contributed by atoms with van der Waals surface area (Å²) in [6.07, 6.45) is 0. The second-order valence-corrected chi connectivity index (χ2v) is 18.2. The van der Waals surface area contributed by atoms with Crippen LogP contribution in [0.5, 0.6) is 0 Å². The molecule has 0 radical (unpaired) electrons. The van der Waals surface area contributed by atoms with E-state index in [9.17, 15) is 0 Å². The molecule has 0 saturated heterocycles. The average molecular weight is 857 g/mol. The van der Waals surface area contributed by atoms with Gasteiger partial charge in [0, 0.05) is 64.0 Å². The minimum atomic E-state index is 0.625. The van der Waals surface area contributed by atoms with E-state index in [1.807, 2.05) is 18.2 Å².